The molecule has 4 nitrogen and oxygen atoms in total. The molecule has 0 aliphatic rings. The topological polar surface area (TPSA) is 45.5 Å². The summed E-state index contributed by atoms with van der Waals surface area (Å²) in [5.41, 5.74) is 0. The van der Waals surface area contributed by atoms with E-state index in [2.05, 4.69) is 5.32 Å². The monoisotopic (exact) mass is 196 g/mol. The van der Waals surface area contributed by atoms with Crippen LogP contribution in [0.5, 0.6) is 0 Å². The van der Waals surface area contributed by atoms with E-state index in [1.807, 2.05) is 19.0 Å². The van der Waals surface area contributed by atoms with Gasteiger partial charge in [-0.2, -0.15) is 0 Å². The quantitative estimate of drug-likeness (QED) is 0.746. The van der Waals surface area contributed by atoms with Crippen molar-refractivity contribution >= 4 is 5.91 Å². The van der Waals surface area contributed by atoms with Crippen molar-refractivity contribution in [2.24, 2.45) is 0 Å². The maximum absolute atomic E-state index is 11.3. The minimum absolute atomic E-state index is 0.00167. The van der Waals surface area contributed by atoms with E-state index in [1.54, 1.807) is 18.4 Å². The number of hydrogen-bond donors (Lipinski definition) is 1. The van der Waals surface area contributed by atoms with Gasteiger partial charge in [0.25, 0.3) is 0 Å². The first-order chi connectivity index (χ1) is 6.68. The number of carbonyl (C=O) groups excluding carboxylic acids is 1. The zero-order valence-corrected chi connectivity index (χ0v) is 8.62. The second kappa shape index (κ2) is 5.44. The summed E-state index contributed by atoms with van der Waals surface area (Å²) in [5, 5.41) is 2.81. The molecule has 0 saturated heterocycles. The maximum atomic E-state index is 11.3. The molecule has 0 radical (unpaired) electrons. The van der Waals surface area contributed by atoms with Crippen LogP contribution in [-0.4, -0.2) is 38.0 Å². The Hall–Kier alpha value is -1.29. The van der Waals surface area contributed by atoms with E-state index in [0.29, 0.717) is 18.7 Å². The van der Waals surface area contributed by atoms with Crippen LogP contribution in [0.4, 0.5) is 0 Å². The van der Waals surface area contributed by atoms with Gasteiger partial charge in [0.2, 0.25) is 5.91 Å². The molecular formula is C10H16N2O2. The van der Waals surface area contributed by atoms with Crippen LogP contribution in [0, 0.1) is 0 Å². The Morgan fingerprint density at radius 2 is 2.36 bits per heavy atom. The summed E-state index contributed by atoms with van der Waals surface area (Å²) >= 11 is 0. The first-order valence-electron chi connectivity index (χ1n) is 4.62. The molecule has 0 aliphatic carbocycles. The highest BCUT2D eigenvalue weighted by atomic mass is 16.3. The van der Waals surface area contributed by atoms with Crippen LogP contribution in [0.1, 0.15) is 5.76 Å². The average molecular weight is 196 g/mol. The predicted octanol–water partition coefficient (Wildman–Crippen LogP) is 0.500. The van der Waals surface area contributed by atoms with Crippen molar-refractivity contribution in [3.05, 3.63) is 24.2 Å². The minimum Gasteiger partial charge on any atom is -0.469 e. The van der Waals surface area contributed by atoms with Crippen LogP contribution < -0.4 is 5.32 Å². The van der Waals surface area contributed by atoms with Gasteiger partial charge in [-0.25, -0.2) is 0 Å². The Morgan fingerprint density at radius 3 is 2.93 bits per heavy atom. The lowest BCUT2D eigenvalue weighted by atomic mass is 10.3. The molecule has 78 valence electrons. The molecule has 0 fully saturated rings. The highest BCUT2D eigenvalue weighted by molar-refractivity contribution is 5.77. The molecule has 1 N–H and O–H groups in total. The Kier molecular flexibility index (Phi) is 4.19. The van der Waals surface area contributed by atoms with Crippen LogP contribution in [0.2, 0.25) is 0 Å². The fourth-order valence-electron chi connectivity index (χ4n) is 1.05. The lowest BCUT2D eigenvalue weighted by Gasteiger charge is -2.09. The van der Waals surface area contributed by atoms with Crippen molar-refractivity contribution in [3.8, 4) is 0 Å². The first kappa shape index (κ1) is 10.8. The molecular weight excluding hydrogens is 180 g/mol. The van der Waals surface area contributed by atoms with Gasteiger partial charge in [0, 0.05) is 13.1 Å². The molecule has 0 spiro atoms. The van der Waals surface area contributed by atoms with Gasteiger partial charge in [0.15, 0.2) is 0 Å². The highest BCUT2D eigenvalue weighted by Gasteiger charge is 2.04. The second-order valence-corrected chi connectivity index (χ2v) is 3.41. The summed E-state index contributed by atoms with van der Waals surface area (Å²) in [7, 11) is 3.94. The molecule has 14 heavy (non-hydrogen) atoms. The summed E-state index contributed by atoms with van der Waals surface area (Å²) in [5.74, 6) is 0.703. The third kappa shape index (κ3) is 4.09. The summed E-state index contributed by atoms with van der Waals surface area (Å²) in [6.07, 6.45) is 1.89. The molecule has 4 heteroatoms. The zero-order valence-electron chi connectivity index (χ0n) is 8.62. The van der Waals surface area contributed by atoms with Crippen molar-refractivity contribution in [3.63, 3.8) is 0 Å². The highest BCUT2D eigenvalue weighted by Crippen LogP contribution is 1.99. The number of nitrogens with one attached hydrogen (secondary N) is 1. The van der Waals surface area contributed by atoms with Crippen LogP contribution in [0.15, 0.2) is 22.8 Å². The number of furan rings is 1. The zero-order chi connectivity index (χ0) is 10.4. The first-order valence-corrected chi connectivity index (χ1v) is 4.62. The summed E-state index contributed by atoms with van der Waals surface area (Å²) in [4.78, 5) is 13.3. The maximum Gasteiger partial charge on any atom is 0.227 e. The number of nitrogens with zero attached hydrogens (tertiary/aromatic N) is 1. The van der Waals surface area contributed by atoms with Crippen LogP contribution in [-0.2, 0) is 11.2 Å². The lowest BCUT2D eigenvalue weighted by Crippen LogP contribution is -2.32. The van der Waals surface area contributed by atoms with Crippen molar-refractivity contribution in [1.29, 1.82) is 0 Å². The van der Waals surface area contributed by atoms with Crippen LogP contribution >= 0.6 is 0 Å². The van der Waals surface area contributed by atoms with Crippen molar-refractivity contribution in [2.75, 3.05) is 27.2 Å². The molecule has 0 aromatic carbocycles. The van der Waals surface area contributed by atoms with Gasteiger partial charge < -0.3 is 14.6 Å². The Balaban J connectivity index is 2.17. The van der Waals surface area contributed by atoms with E-state index in [0.717, 1.165) is 6.54 Å². The number of likely N-dealkylation sites (N-methyl/N-ethyl adjacent to an activating group) is 1. The molecule has 1 rings (SSSR count). The molecule has 1 amide bonds. The van der Waals surface area contributed by atoms with Crippen molar-refractivity contribution in [2.45, 2.75) is 6.42 Å². The third-order valence-corrected chi connectivity index (χ3v) is 1.80. The van der Waals surface area contributed by atoms with E-state index < -0.39 is 0 Å². The van der Waals surface area contributed by atoms with Gasteiger partial charge in [-0.1, -0.05) is 0 Å². The van der Waals surface area contributed by atoms with Crippen LogP contribution in [0.25, 0.3) is 0 Å². The lowest BCUT2D eigenvalue weighted by molar-refractivity contribution is -0.120. The second-order valence-electron chi connectivity index (χ2n) is 3.41. The standard InChI is InChI=1S/C10H16N2O2/c1-12(2)6-5-11-10(13)8-9-4-3-7-14-9/h3-4,7H,5-6,8H2,1-2H3,(H,11,13). The molecule has 1 aromatic heterocycles. The fraction of sp³-hybridized carbons (Fsp3) is 0.500. The number of carbonyl (C=O) groups is 1. The largest absolute Gasteiger partial charge is 0.469 e. The van der Waals surface area contributed by atoms with Gasteiger partial charge in [-0.05, 0) is 26.2 Å². The van der Waals surface area contributed by atoms with E-state index in [1.165, 1.54) is 0 Å². The molecule has 1 aromatic rings. The van der Waals surface area contributed by atoms with Crippen molar-refractivity contribution < 1.29 is 9.21 Å². The normalized spacial score (nSPS) is 10.5. The number of amides is 1. The van der Waals surface area contributed by atoms with Gasteiger partial charge in [-0.15, -0.1) is 0 Å². The molecule has 0 bridgehead atoms. The van der Waals surface area contributed by atoms with Crippen molar-refractivity contribution in [1.82, 2.24) is 10.2 Å². The minimum atomic E-state index is 0.00167. The smallest absolute Gasteiger partial charge is 0.227 e. The summed E-state index contributed by atoms with van der Waals surface area (Å²) in [6.45, 7) is 1.52. The Bertz CT molecular complexity index is 268. The molecule has 0 atom stereocenters. The van der Waals surface area contributed by atoms with E-state index in [4.69, 9.17) is 4.42 Å². The molecule has 0 saturated carbocycles. The summed E-state index contributed by atoms with van der Waals surface area (Å²) in [6, 6.07) is 3.58. The van der Waals surface area contributed by atoms with Gasteiger partial charge in [-0.3, -0.25) is 4.79 Å². The summed E-state index contributed by atoms with van der Waals surface area (Å²) < 4.78 is 5.06. The molecule has 1 heterocycles. The van der Waals surface area contributed by atoms with Crippen LogP contribution in [0.3, 0.4) is 0 Å². The number of hydrogen-bond acceptors (Lipinski definition) is 3. The average Bonchev–Trinajstić information content (AvgIpc) is 2.56. The SMILES string of the molecule is CN(C)CCNC(=O)Cc1ccco1. The predicted molar refractivity (Wildman–Crippen MR) is 54.0 cm³/mol. The van der Waals surface area contributed by atoms with Gasteiger partial charge in [0.05, 0.1) is 12.7 Å². The van der Waals surface area contributed by atoms with E-state index in [9.17, 15) is 4.79 Å². The van der Waals surface area contributed by atoms with Gasteiger partial charge in [0.1, 0.15) is 5.76 Å². The number of rotatable bonds is 5. The van der Waals surface area contributed by atoms with E-state index >= 15 is 0 Å². The van der Waals surface area contributed by atoms with Gasteiger partial charge >= 0.3 is 0 Å². The Morgan fingerprint density at radius 1 is 1.57 bits per heavy atom. The third-order valence-electron chi connectivity index (χ3n) is 1.80. The fourth-order valence-corrected chi connectivity index (χ4v) is 1.05. The Labute approximate surface area is 83.9 Å². The molecule has 0 aliphatic heterocycles. The molecule has 0 unspecified atom stereocenters. The van der Waals surface area contributed by atoms with E-state index in [-0.39, 0.29) is 5.91 Å².